The summed E-state index contributed by atoms with van der Waals surface area (Å²) >= 11 is 1.34. The van der Waals surface area contributed by atoms with Crippen LogP contribution >= 0.6 is 11.3 Å². The number of aromatic nitrogens is 3. The van der Waals surface area contributed by atoms with E-state index in [1.165, 1.54) is 20.4 Å². The van der Waals surface area contributed by atoms with E-state index in [-0.39, 0.29) is 17.5 Å². The summed E-state index contributed by atoms with van der Waals surface area (Å²) in [6.45, 7) is 0. The van der Waals surface area contributed by atoms with Crippen molar-refractivity contribution in [3.63, 3.8) is 0 Å². The molecular formula is C20H17FN6OS2. The maximum atomic E-state index is 15.3. The number of thiophene rings is 1. The van der Waals surface area contributed by atoms with Gasteiger partial charge in [0.15, 0.2) is 0 Å². The zero-order valence-electron chi connectivity index (χ0n) is 15.9. The fourth-order valence-corrected chi connectivity index (χ4v) is 5.79. The molecule has 3 heterocycles. The zero-order valence-corrected chi connectivity index (χ0v) is 17.5. The topological polar surface area (TPSA) is 89.4 Å². The lowest BCUT2D eigenvalue weighted by Gasteiger charge is -2.25. The Labute approximate surface area is 178 Å². The highest BCUT2D eigenvalue weighted by molar-refractivity contribution is 7.83. The first-order chi connectivity index (χ1) is 14.5. The van der Waals surface area contributed by atoms with Crippen molar-refractivity contribution in [1.82, 2.24) is 19.3 Å². The Morgan fingerprint density at radius 2 is 1.90 bits per heavy atom. The predicted molar refractivity (Wildman–Crippen MR) is 117 cm³/mol. The molecule has 2 aromatic carbocycles. The summed E-state index contributed by atoms with van der Waals surface area (Å²) in [6, 6.07) is 12.8. The molecule has 0 fully saturated rings. The molecule has 7 nitrogen and oxygen atoms in total. The fourth-order valence-electron chi connectivity index (χ4n) is 3.44. The Hall–Kier alpha value is -3.11. The van der Waals surface area contributed by atoms with Gasteiger partial charge in [-0.1, -0.05) is 30.3 Å². The number of nitrogens with two attached hydrogens (primary N) is 1. The fraction of sp³-hybridized carbons (Fsp3) is 0.150. The smallest absolute Gasteiger partial charge is 0.203 e. The number of halogens is 1. The molecule has 4 aromatic rings. The normalized spacial score (nSPS) is 19.3. The third kappa shape index (κ3) is 3.08. The molecule has 5 rings (SSSR count). The molecule has 2 aromatic heterocycles. The van der Waals surface area contributed by atoms with E-state index in [2.05, 4.69) is 15.2 Å². The average Bonchev–Trinajstić information content (AvgIpc) is 3.40. The van der Waals surface area contributed by atoms with Crippen LogP contribution in [0.1, 0.15) is 10.9 Å². The Morgan fingerprint density at radius 3 is 2.60 bits per heavy atom. The second-order valence-electron chi connectivity index (χ2n) is 6.82. The van der Waals surface area contributed by atoms with Gasteiger partial charge in [-0.25, -0.2) is 13.6 Å². The van der Waals surface area contributed by atoms with Crippen LogP contribution in [-0.2, 0) is 11.0 Å². The molecule has 0 amide bonds. The van der Waals surface area contributed by atoms with Gasteiger partial charge in [0.2, 0.25) is 5.96 Å². The summed E-state index contributed by atoms with van der Waals surface area (Å²) in [5, 5.41) is 8.79. The molecule has 10 heteroatoms. The van der Waals surface area contributed by atoms with Crippen molar-refractivity contribution >= 4 is 38.4 Å². The lowest BCUT2D eigenvalue weighted by Crippen LogP contribution is -2.41. The first-order valence-corrected chi connectivity index (χ1v) is 11.3. The number of rotatable bonds is 3. The van der Waals surface area contributed by atoms with Crippen LogP contribution < -0.4 is 5.73 Å². The number of guanidine groups is 1. The van der Waals surface area contributed by atoms with E-state index in [0.717, 1.165) is 21.5 Å². The molecule has 0 aliphatic carbocycles. The maximum Gasteiger partial charge on any atom is 0.203 e. The van der Waals surface area contributed by atoms with Crippen molar-refractivity contribution in [3.05, 3.63) is 65.6 Å². The number of aliphatic imine (C=N–C) groups is 1. The molecule has 30 heavy (non-hydrogen) atoms. The average molecular weight is 441 g/mol. The number of hydrogen-bond acceptors (Lipinski definition) is 6. The second kappa shape index (κ2) is 7.29. The minimum absolute atomic E-state index is 0.157. The quantitative estimate of drug-likeness (QED) is 0.530. The van der Waals surface area contributed by atoms with Crippen molar-refractivity contribution in [2.24, 2.45) is 10.7 Å². The minimum atomic E-state index is -1.33. The van der Waals surface area contributed by atoms with Gasteiger partial charge in [-0.3, -0.25) is 4.31 Å². The summed E-state index contributed by atoms with van der Waals surface area (Å²) in [6.07, 6.45) is 3.24. The highest BCUT2D eigenvalue weighted by Gasteiger charge is 2.29. The molecule has 2 N–H and O–H groups in total. The van der Waals surface area contributed by atoms with Gasteiger partial charge in [0, 0.05) is 17.1 Å². The van der Waals surface area contributed by atoms with Crippen LogP contribution in [-0.4, -0.2) is 42.3 Å². The van der Waals surface area contributed by atoms with Crippen molar-refractivity contribution in [3.8, 4) is 16.8 Å². The van der Waals surface area contributed by atoms with E-state index in [1.807, 2.05) is 36.4 Å². The Kier molecular flexibility index (Phi) is 4.59. The molecule has 0 saturated heterocycles. The van der Waals surface area contributed by atoms with Crippen LogP contribution in [0.25, 0.3) is 26.9 Å². The molecule has 2 atom stereocenters. The Bertz CT molecular complexity index is 1280. The van der Waals surface area contributed by atoms with E-state index in [4.69, 9.17) is 5.73 Å². The van der Waals surface area contributed by atoms with E-state index in [0.29, 0.717) is 10.3 Å². The Morgan fingerprint density at radius 1 is 1.17 bits per heavy atom. The molecular weight excluding hydrogens is 423 g/mol. The van der Waals surface area contributed by atoms with Gasteiger partial charge in [0.25, 0.3) is 0 Å². The first kappa shape index (κ1) is 18.9. The molecule has 0 radical (unpaired) electrons. The van der Waals surface area contributed by atoms with Gasteiger partial charge in [-0.05, 0) is 23.3 Å². The Balaban J connectivity index is 1.58. The second-order valence-corrected chi connectivity index (χ2v) is 9.39. The highest BCUT2D eigenvalue weighted by atomic mass is 32.2. The summed E-state index contributed by atoms with van der Waals surface area (Å²) in [7, 11) is 0.287. The summed E-state index contributed by atoms with van der Waals surface area (Å²) < 4.78 is 29.8. The monoisotopic (exact) mass is 440 g/mol. The number of nitrogens with zero attached hydrogens (tertiary/aromatic N) is 5. The van der Waals surface area contributed by atoms with Crippen molar-refractivity contribution in [2.75, 3.05) is 12.8 Å². The third-order valence-corrected chi connectivity index (χ3v) is 7.74. The molecule has 152 valence electrons. The minimum Gasteiger partial charge on any atom is -0.369 e. The first-order valence-electron chi connectivity index (χ1n) is 9.16. The molecule has 0 bridgehead atoms. The van der Waals surface area contributed by atoms with E-state index in [9.17, 15) is 4.21 Å². The van der Waals surface area contributed by atoms with E-state index < -0.39 is 17.0 Å². The number of fused-ring (bicyclic) bond motifs is 1. The van der Waals surface area contributed by atoms with Crippen LogP contribution in [0.3, 0.4) is 0 Å². The summed E-state index contributed by atoms with van der Waals surface area (Å²) in [4.78, 5) is 6.36. The number of hydrogen-bond donors (Lipinski definition) is 1. The van der Waals surface area contributed by atoms with Crippen LogP contribution in [0.4, 0.5) is 4.39 Å². The van der Waals surface area contributed by atoms with Crippen molar-refractivity contribution in [1.29, 1.82) is 0 Å². The lowest BCUT2D eigenvalue weighted by atomic mass is 10.0. The van der Waals surface area contributed by atoms with Crippen LogP contribution in [0, 0.1) is 5.82 Å². The van der Waals surface area contributed by atoms with Crippen molar-refractivity contribution in [2.45, 2.75) is 6.04 Å². The van der Waals surface area contributed by atoms with E-state index in [1.54, 1.807) is 25.5 Å². The maximum absolute atomic E-state index is 15.3. The zero-order chi connectivity index (χ0) is 20.8. The van der Waals surface area contributed by atoms with Gasteiger partial charge >= 0.3 is 0 Å². The van der Waals surface area contributed by atoms with Gasteiger partial charge in [0.1, 0.15) is 22.8 Å². The van der Waals surface area contributed by atoms with Crippen LogP contribution in [0.15, 0.2) is 59.9 Å². The standard InChI is InChI=1S/C20H17FN6OS2/c1-26-20(22)25-16(11-30(26)28)19-17(21)15-4-2-3-14(18(15)29-19)12-5-7-13(8-6-12)27-23-9-10-24-27/h2-10,16H,11H2,1H3,(H2,22,25). The predicted octanol–water partition coefficient (Wildman–Crippen LogP) is 3.25. The van der Waals surface area contributed by atoms with Gasteiger partial charge in [0.05, 0.1) is 28.7 Å². The van der Waals surface area contributed by atoms with Crippen molar-refractivity contribution < 1.29 is 8.60 Å². The van der Waals surface area contributed by atoms with Crippen LogP contribution in [0.2, 0.25) is 0 Å². The molecule has 2 unspecified atom stereocenters. The molecule has 1 aliphatic heterocycles. The third-order valence-electron chi connectivity index (χ3n) is 5.03. The number of benzene rings is 2. The van der Waals surface area contributed by atoms with Crippen LogP contribution in [0.5, 0.6) is 0 Å². The highest BCUT2D eigenvalue weighted by Crippen LogP contribution is 2.41. The SMILES string of the molecule is CN1C(N)=NC(c2sc3c(-c4ccc(-n5nccn5)cc4)cccc3c2F)CS1=O. The summed E-state index contributed by atoms with van der Waals surface area (Å²) in [5.41, 5.74) is 8.59. The van der Waals surface area contributed by atoms with Gasteiger partial charge in [-0.2, -0.15) is 15.0 Å². The lowest BCUT2D eigenvalue weighted by molar-refractivity contribution is 0.592. The molecule has 0 saturated carbocycles. The largest absolute Gasteiger partial charge is 0.369 e. The molecule has 0 spiro atoms. The van der Waals surface area contributed by atoms with Gasteiger partial charge < -0.3 is 5.73 Å². The van der Waals surface area contributed by atoms with Gasteiger partial charge in [-0.15, -0.1) is 11.3 Å². The van der Waals surface area contributed by atoms with E-state index >= 15 is 4.39 Å². The summed E-state index contributed by atoms with van der Waals surface area (Å²) in [5.74, 6) is 0.0452. The molecule has 1 aliphatic rings.